The largest absolute Gasteiger partial charge is 0.0620 e. The van der Waals surface area contributed by atoms with E-state index in [9.17, 15) is 0 Å². The second-order valence-electron chi connectivity index (χ2n) is 21.4. The van der Waals surface area contributed by atoms with Crippen molar-refractivity contribution in [3.8, 4) is 44.5 Å². The maximum Gasteiger partial charge on any atom is -0.000730 e. The number of rotatable bonds is 4. The van der Waals surface area contributed by atoms with E-state index in [0.29, 0.717) is 11.8 Å². The summed E-state index contributed by atoms with van der Waals surface area (Å²) in [7, 11) is 0. The zero-order chi connectivity index (χ0) is 46.6. The van der Waals surface area contributed by atoms with Gasteiger partial charge < -0.3 is 0 Å². The summed E-state index contributed by atoms with van der Waals surface area (Å²) in [5, 5.41) is 29.8. The number of aryl methyl sites for hydroxylation is 2. The summed E-state index contributed by atoms with van der Waals surface area (Å²) in [6, 6.07) is 66.1. The van der Waals surface area contributed by atoms with Crippen LogP contribution in [-0.4, -0.2) is 0 Å². The molecule has 0 atom stereocenters. The fraction of sp³-hybridized carbons (Fsp3) is 0.114. The summed E-state index contributed by atoms with van der Waals surface area (Å²) in [5.74, 6) is 0.755. The number of benzene rings is 13. The first kappa shape index (κ1) is 38.9. The van der Waals surface area contributed by atoms with Crippen LogP contribution in [0.5, 0.6) is 0 Å². The van der Waals surface area contributed by atoms with Gasteiger partial charge in [0.25, 0.3) is 0 Å². The van der Waals surface area contributed by atoms with E-state index in [1.54, 1.807) is 0 Å². The molecule has 0 fully saturated rings. The molecule has 1 aliphatic carbocycles. The predicted octanol–water partition coefficient (Wildman–Crippen LogP) is 20.5. The van der Waals surface area contributed by atoms with Crippen molar-refractivity contribution in [2.75, 3.05) is 0 Å². The normalized spacial score (nSPS) is 13.0. The molecule has 0 radical (unpaired) electrons. The van der Waals surface area contributed by atoms with Gasteiger partial charge in [-0.2, -0.15) is 0 Å². The van der Waals surface area contributed by atoms with Gasteiger partial charge in [-0.1, -0.05) is 185 Å². The fourth-order valence-electron chi connectivity index (χ4n) is 14.5. The molecule has 328 valence electrons. The number of fused-ring (bicyclic) bond motifs is 13. The predicted molar refractivity (Wildman–Crippen MR) is 306 cm³/mol. The molecular formula is C70H48. The Morgan fingerprint density at radius 3 is 1.07 bits per heavy atom. The highest BCUT2D eigenvalue weighted by atomic mass is 14.4. The van der Waals surface area contributed by atoms with Crippen LogP contribution in [0.4, 0.5) is 0 Å². The first-order valence-electron chi connectivity index (χ1n) is 25.4. The summed E-state index contributed by atoms with van der Waals surface area (Å²) < 4.78 is 0. The van der Waals surface area contributed by atoms with E-state index in [-0.39, 0.29) is 0 Å². The molecule has 16 rings (SSSR count). The van der Waals surface area contributed by atoms with E-state index < -0.39 is 0 Å². The van der Waals surface area contributed by atoms with Crippen molar-refractivity contribution in [2.24, 2.45) is 0 Å². The topological polar surface area (TPSA) is 0 Å². The maximum atomic E-state index is 2.57. The van der Waals surface area contributed by atoms with Crippen molar-refractivity contribution in [3.63, 3.8) is 0 Å². The average molecular weight is 889 g/mol. The summed E-state index contributed by atoms with van der Waals surface area (Å²) in [6.07, 6.45) is 0. The highest BCUT2D eigenvalue weighted by Crippen LogP contribution is 2.60. The van der Waals surface area contributed by atoms with Crippen LogP contribution in [0, 0.1) is 13.8 Å². The van der Waals surface area contributed by atoms with E-state index in [2.05, 4.69) is 211 Å². The van der Waals surface area contributed by atoms with E-state index in [0.717, 1.165) is 0 Å². The molecule has 15 aromatic rings. The Balaban J connectivity index is 1.10. The summed E-state index contributed by atoms with van der Waals surface area (Å²) in [6.45, 7) is 14.1. The monoisotopic (exact) mass is 888 g/mol. The molecule has 0 spiro atoms. The van der Waals surface area contributed by atoms with Gasteiger partial charge in [-0.05, 0) is 223 Å². The smallest absolute Gasteiger partial charge is 0.000730 e. The Morgan fingerprint density at radius 2 is 0.614 bits per heavy atom. The molecular weight excluding hydrogens is 841 g/mol. The molecule has 0 saturated heterocycles. The van der Waals surface area contributed by atoms with Gasteiger partial charge >= 0.3 is 0 Å². The van der Waals surface area contributed by atoms with Gasteiger partial charge in [-0.25, -0.2) is 0 Å². The van der Waals surface area contributed by atoms with Crippen molar-refractivity contribution >= 4 is 118 Å². The molecule has 0 N–H and O–H groups in total. The Kier molecular flexibility index (Phi) is 7.43. The molecule has 15 aromatic carbocycles. The molecule has 70 heavy (non-hydrogen) atoms. The van der Waals surface area contributed by atoms with Gasteiger partial charge in [0.2, 0.25) is 0 Å². The van der Waals surface area contributed by atoms with E-state index in [1.165, 1.54) is 185 Å². The molecule has 0 heterocycles. The van der Waals surface area contributed by atoms with E-state index in [4.69, 9.17) is 0 Å². The zero-order valence-electron chi connectivity index (χ0n) is 40.3. The summed E-state index contributed by atoms with van der Waals surface area (Å²) in [4.78, 5) is 0. The lowest BCUT2D eigenvalue weighted by molar-refractivity contribution is 0.864. The second kappa shape index (κ2) is 13.4. The van der Waals surface area contributed by atoms with Gasteiger partial charge in [0, 0.05) is 0 Å². The maximum absolute atomic E-state index is 2.57. The quantitative estimate of drug-likeness (QED) is 0.122. The van der Waals surface area contributed by atoms with Gasteiger partial charge in [-0.3, -0.25) is 0 Å². The van der Waals surface area contributed by atoms with Crippen LogP contribution >= 0.6 is 0 Å². The zero-order valence-corrected chi connectivity index (χ0v) is 40.3. The molecule has 0 aliphatic heterocycles. The standard InChI is InChI=1S/C70H48/c1-35(2)58-42-21-11-12-22-43(42)59(36(3)4)68-51-30-26-47-49-28-32-53-66-52(31-27-48(64(49)66)46-25-29-50(67(58)68)65(51)63(46)47)69-61(40-19-9-7-15-37(40)5)56-33-54-44-23-13-17-39-18-14-24-45(60(39)44)55(54)34-57(56)62(70(53)69)41-20-10-8-16-38(41)6/h7-36H,1-6H3. The highest BCUT2D eigenvalue weighted by Gasteiger charge is 2.34. The molecule has 0 bridgehead atoms. The fourth-order valence-corrected chi connectivity index (χ4v) is 14.5. The van der Waals surface area contributed by atoms with Crippen LogP contribution < -0.4 is 0 Å². The average Bonchev–Trinajstić information content (AvgIpc) is 4.01. The third-order valence-electron chi connectivity index (χ3n) is 17.2. The van der Waals surface area contributed by atoms with Gasteiger partial charge in [0.15, 0.2) is 0 Å². The molecule has 1 aliphatic rings. The molecule has 0 nitrogen and oxygen atoms in total. The lowest BCUT2D eigenvalue weighted by atomic mass is 9.80. The number of hydrogen-bond donors (Lipinski definition) is 0. The second-order valence-corrected chi connectivity index (χ2v) is 21.4. The lowest BCUT2D eigenvalue weighted by Gasteiger charge is -2.23. The third kappa shape index (κ3) is 4.59. The Morgan fingerprint density at radius 1 is 0.243 bits per heavy atom. The van der Waals surface area contributed by atoms with Crippen LogP contribution in [0.1, 0.15) is 61.8 Å². The minimum absolute atomic E-state index is 0.378. The van der Waals surface area contributed by atoms with Gasteiger partial charge in [0.05, 0.1) is 0 Å². The minimum atomic E-state index is 0.378. The Bertz CT molecular complexity index is 4530. The summed E-state index contributed by atoms with van der Waals surface area (Å²) in [5.41, 5.74) is 16.5. The first-order valence-corrected chi connectivity index (χ1v) is 25.4. The van der Waals surface area contributed by atoms with Crippen molar-refractivity contribution in [2.45, 2.75) is 53.4 Å². The van der Waals surface area contributed by atoms with E-state index in [1.807, 2.05) is 0 Å². The molecule has 0 unspecified atom stereocenters. The summed E-state index contributed by atoms with van der Waals surface area (Å²) >= 11 is 0. The molecule has 0 aromatic heterocycles. The SMILES string of the molecule is Cc1ccccc1-c1c2cc3c(cc2c(-c2ccccc2C)c2c4ccc5c6ccc7c8c(ccc(c9ccc(c12)c4c95)c86)-c1c-7c(C(C)C)c2ccccc2c1C(C)C)c1cccc2cccc3c21. The van der Waals surface area contributed by atoms with Crippen LogP contribution in [0.3, 0.4) is 0 Å². The van der Waals surface area contributed by atoms with Crippen molar-refractivity contribution in [3.05, 3.63) is 192 Å². The number of hydrogen-bond acceptors (Lipinski definition) is 0. The van der Waals surface area contributed by atoms with E-state index >= 15 is 0 Å². The minimum Gasteiger partial charge on any atom is -0.0620 e. The van der Waals surface area contributed by atoms with Gasteiger partial charge in [-0.15, -0.1) is 0 Å². The Hall–Kier alpha value is -8.06. The lowest BCUT2D eigenvalue weighted by Crippen LogP contribution is -2.01. The highest BCUT2D eigenvalue weighted by molar-refractivity contribution is 6.48. The van der Waals surface area contributed by atoms with Crippen LogP contribution in [0.2, 0.25) is 0 Å². The van der Waals surface area contributed by atoms with Crippen molar-refractivity contribution < 1.29 is 0 Å². The molecule has 0 heteroatoms. The van der Waals surface area contributed by atoms with Gasteiger partial charge in [0.1, 0.15) is 0 Å². The first-order chi connectivity index (χ1) is 34.3. The molecule has 0 saturated carbocycles. The Labute approximate surface area is 406 Å². The third-order valence-corrected chi connectivity index (χ3v) is 17.2. The van der Waals surface area contributed by atoms with Crippen LogP contribution in [0.15, 0.2) is 170 Å². The molecule has 0 amide bonds. The van der Waals surface area contributed by atoms with Crippen molar-refractivity contribution in [1.82, 2.24) is 0 Å². The van der Waals surface area contributed by atoms with Crippen LogP contribution in [-0.2, 0) is 0 Å². The van der Waals surface area contributed by atoms with Crippen LogP contribution in [0.25, 0.3) is 163 Å². The van der Waals surface area contributed by atoms with Crippen molar-refractivity contribution in [1.29, 1.82) is 0 Å².